The third-order valence-electron chi connectivity index (χ3n) is 9.18. The molecule has 0 aromatic heterocycles. The van der Waals surface area contributed by atoms with E-state index in [1.165, 1.54) is 6.92 Å². The molecule has 0 aliphatic heterocycles. The standard InChI is InChI=1S/C23H30F12O4Si/c1-17(2,3)40(5,6)19-8-7-11(13(36)38-15(20(24,25)26)21(27,28)29)9-18(19,4)10-12(19)14(37)39-16(22(30,31)32)23(33,34)35/h11-12,15-16H,7-10H2,1-6H3/t11-,12-,18-,19-/m1/s1. The van der Waals surface area contributed by atoms with E-state index in [0.717, 1.165) is 0 Å². The maximum atomic E-state index is 13.1. The van der Waals surface area contributed by atoms with Gasteiger partial charge in [-0.15, -0.1) is 0 Å². The Kier molecular flexibility index (Phi) is 8.59. The Morgan fingerprint density at radius 3 is 1.43 bits per heavy atom. The number of hydrogen-bond donors (Lipinski definition) is 0. The maximum absolute atomic E-state index is 13.1. The third-order valence-corrected chi connectivity index (χ3v) is 16.4. The van der Waals surface area contributed by atoms with Gasteiger partial charge in [0.1, 0.15) is 0 Å². The van der Waals surface area contributed by atoms with Crippen molar-refractivity contribution in [3.8, 4) is 0 Å². The number of rotatable bonds is 5. The highest BCUT2D eigenvalue weighted by molar-refractivity contribution is 6.83. The van der Waals surface area contributed by atoms with Crippen molar-refractivity contribution < 1.29 is 71.7 Å². The fraction of sp³-hybridized carbons (Fsp3) is 0.913. The van der Waals surface area contributed by atoms with Crippen LogP contribution >= 0.6 is 0 Å². The van der Waals surface area contributed by atoms with E-state index >= 15 is 0 Å². The molecule has 0 bridgehead atoms. The molecule has 0 radical (unpaired) electrons. The van der Waals surface area contributed by atoms with Gasteiger partial charge in [0.15, 0.2) is 0 Å². The van der Waals surface area contributed by atoms with E-state index in [1.54, 1.807) is 33.9 Å². The largest absolute Gasteiger partial charge is 0.443 e. The number of halogens is 12. The number of carbonyl (C=O) groups excluding carboxylic acids is 2. The van der Waals surface area contributed by atoms with Crippen molar-refractivity contribution in [1.82, 2.24) is 0 Å². The van der Waals surface area contributed by atoms with Gasteiger partial charge >= 0.3 is 36.6 Å². The number of carbonyl (C=O) groups is 2. The van der Waals surface area contributed by atoms with Crippen LogP contribution in [0.4, 0.5) is 52.7 Å². The molecular formula is C23H30F12O4Si. The minimum Gasteiger partial charge on any atom is -0.443 e. The molecule has 0 amide bonds. The summed E-state index contributed by atoms with van der Waals surface area (Å²) in [4.78, 5) is 25.4. The van der Waals surface area contributed by atoms with Crippen molar-refractivity contribution >= 4 is 20.0 Å². The van der Waals surface area contributed by atoms with Gasteiger partial charge in [-0.05, 0) is 41.2 Å². The first-order chi connectivity index (χ1) is 17.4. The Morgan fingerprint density at radius 1 is 0.725 bits per heavy atom. The predicted molar refractivity (Wildman–Crippen MR) is 117 cm³/mol. The molecule has 0 N–H and O–H groups in total. The van der Waals surface area contributed by atoms with Crippen molar-refractivity contribution in [2.75, 3.05) is 0 Å². The number of hydrogen-bond acceptors (Lipinski definition) is 4. The highest BCUT2D eigenvalue weighted by atomic mass is 28.3. The molecule has 0 saturated heterocycles. The molecular weight excluding hydrogens is 596 g/mol. The third kappa shape index (κ3) is 5.94. The SMILES string of the molecule is CC(C)(C)[Si](C)(C)[C@@]12CC[C@@H](C(=O)OC(C(F)(F)F)C(F)(F)F)C[C@]1(C)C[C@@H]2C(=O)OC(C(F)(F)F)C(F)(F)F. The van der Waals surface area contributed by atoms with E-state index < -0.39 is 90.7 Å². The van der Waals surface area contributed by atoms with Gasteiger partial charge in [-0.1, -0.05) is 40.8 Å². The van der Waals surface area contributed by atoms with Crippen LogP contribution in [0.5, 0.6) is 0 Å². The van der Waals surface area contributed by atoms with E-state index in [4.69, 9.17) is 0 Å². The molecule has 2 saturated carbocycles. The summed E-state index contributed by atoms with van der Waals surface area (Å²) in [5.41, 5.74) is -1.21. The van der Waals surface area contributed by atoms with Gasteiger partial charge in [0.2, 0.25) is 0 Å². The zero-order chi connectivity index (χ0) is 31.7. The number of alkyl halides is 12. The highest BCUT2D eigenvalue weighted by Crippen LogP contribution is 2.80. The summed E-state index contributed by atoms with van der Waals surface area (Å²) < 4.78 is 164. The fourth-order valence-corrected chi connectivity index (χ4v) is 11.5. The zero-order valence-electron chi connectivity index (χ0n) is 22.3. The van der Waals surface area contributed by atoms with Crippen molar-refractivity contribution in [3.63, 3.8) is 0 Å². The van der Waals surface area contributed by atoms with E-state index in [9.17, 15) is 62.3 Å². The molecule has 2 aliphatic carbocycles. The van der Waals surface area contributed by atoms with Gasteiger partial charge < -0.3 is 9.47 Å². The van der Waals surface area contributed by atoms with Gasteiger partial charge in [-0.25, -0.2) is 0 Å². The monoisotopic (exact) mass is 626 g/mol. The summed E-state index contributed by atoms with van der Waals surface area (Å²) in [6, 6.07) is 0. The lowest BCUT2D eigenvalue weighted by Crippen LogP contribution is -2.70. The molecule has 0 unspecified atom stereocenters. The smallest absolute Gasteiger partial charge is 0.434 e. The van der Waals surface area contributed by atoms with Gasteiger partial charge in [-0.2, -0.15) is 52.7 Å². The van der Waals surface area contributed by atoms with Gasteiger partial charge in [0.25, 0.3) is 12.2 Å². The topological polar surface area (TPSA) is 52.6 Å². The molecule has 40 heavy (non-hydrogen) atoms. The first-order valence-electron chi connectivity index (χ1n) is 12.1. The van der Waals surface area contributed by atoms with Crippen LogP contribution in [0.3, 0.4) is 0 Å². The molecule has 2 aliphatic rings. The minimum absolute atomic E-state index is 0.231. The Balaban J connectivity index is 2.46. The van der Waals surface area contributed by atoms with Gasteiger partial charge in [0.05, 0.1) is 19.9 Å². The van der Waals surface area contributed by atoms with Crippen LogP contribution in [-0.2, 0) is 19.1 Å². The quantitative estimate of drug-likeness (QED) is 0.176. The van der Waals surface area contributed by atoms with Crippen molar-refractivity contribution in [2.45, 2.75) is 113 Å². The Hall–Kier alpha value is -1.68. The van der Waals surface area contributed by atoms with Crippen molar-refractivity contribution in [2.24, 2.45) is 17.3 Å². The molecule has 234 valence electrons. The van der Waals surface area contributed by atoms with Crippen LogP contribution in [-0.4, -0.2) is 56.9 Å². The predicted octanol–water partition coefficient (Wildman–Crippen LogP) is 8.13. The van der Waals surface area contributed by atoms with Crippen LogP contribution in [0.15, 0.2) is 0 Å². The lowest BCUT2D eigenvalue weighted by atomic mass is 9.46. The van der Waals surface area contributed by atoms with Gasteiger partial charge in [-0.3, -0.25) is 9.59 Å². The average Bonchev–Trinajstić information content (AvgIpc) is 2.68. The molecule has 4 nitrogen and oxygen atoms in total. The first-order valence-corrected chi connectivity index (χ1v) is 15.1. The minimum atomic E-state index is -5.96. The van der Waals surface area contributed by atoms with E-state index in [-0.39, 0.29) is 19.3 Å². The lowest BCUT2D eigenvalue weighted by molar-refractivity contribution is -0.316. The number of ether oxygens (including phenoxy) is 2. The average molecular weight is 627 g/mol. The van der Waals surface area contributed by atoms with E-state index in [0.29, 0.717) is 0 Å². The number of fused-ring (bicyclic) bond motifs is 1. The summed E-state index contributed by atoms with van der Waals surface area (Å²) in [6.07, 6.45) is -34.0. The van der Waals surface area contributed by atoms with Gasteiger partial charge in [0, 0.05) is 0 Å². The number of esters is 2. The summed E-state index contributed by atoms with van der Waals surface area (Å²) in [7, 11) is -2.98. The maximum Gasteiger partial charge on any atom is 0.434 e. The first kappa shape index (κ1) is 34.5. The molecule has 0 heterocycles. The Labute approximate surface area is 223 Å². The van der Waals surface area contributed by atoms with Crippen LogP contribution in [0.1, 0.15) is 53.4 Å². The molecule has 17 heteroatoms. The molecule has 0 aromatic rings. The lowest BCUT2D eigenvalue weighted by Gasteiger charge is -2.73. The van der Waals surface area contributed by atoms with Crippen LogP contribution in [0.2, 0.25) is 23.2 Å². The second kappa shape index (κ2) is 9.95. The summed E-state index contributed by atoms with van der Waals surface area (Å²) in [6.45, 7) is 10.2. The van der Waals surface area contributed by atoms with Crippen molar-refractivity contribution in [3.05, 3.63) is 0 Å². The second-order valence-electron chi connectivity index (χ2n) is 12.4. The second-order valence-corrected chi connectivity index (χ2v) is 18.0. The molecule has 0 spiro atoms. The summed E-state index contributed by atoms with van der Waals surface area (Å²) in [5.74, 6) is -6.49. The van der Waals surface area contributed by atoms with Crippen LogP contribution in [0, 0.1) is 17.3 Å². The molecule has 2 rings (SSSR count). The van der Waals surface area contributed by atoms with Crippen molar-refractivity contribution in [1.29, 1.82) is 0 Å². The van der Waals surface area contributed by atoms with Crippen LogP contribution < -0.4 is 0 Å². The molecule has 4 atom stereocenters. The van der Waals surface area contributed by atoms with E-state index in [1.807, 2.05) is 0 Å². The molecule has 0 aromatic carbocycles. The zero-order valence-corrected chi connectivity index (χ0v) is 23.3. The summed E-state index contributed by atoms with van der Waals surface area (Å²) in [5, 5.41) is -1.92. The molecule has 2 fully saturated rings. The van der Waals surface area contributed by atoms with E-state index in [2.05, 4.69) is 9.47 Å². The van der Waals surface area contributed by atoms with Crippen LogP contribution in [0.25, 0.3) is 0 Å². The normalized spacial score (nSPS) is 28.7. The highest BCUT2D eigenvalue weighted by Gasteiger charge is 2.75. The Morgan fingerprint density at radius 2 is 1.10 bits per heavy atom. The Bertz CT molecular complexity index is 951. The summed E-state index contributed by atoms with van der Waals surface area (Å²) >= 11 is 0. The fourth-order valence-electron chi connectivity index (χ4n) is 6.59.